The lowest BCUT2D eigenvalue weighted by atomic mass is 10.0. The number of aromatic nitrogens is 4. The quantitative estimate of drug-likeness (QED) is 0.229. The summed E-state index contributed by atoms with van der Waals surface area (Å²) in [6.07, 6.45) is 5.13. The van der Waals surface area contributed by atoms with Gasteiger partial charge in [-0.15, -0.1) is 0 Å². The number of anilines is 1. The van der Waals surface area contributed by atoms with Crippen LogP contribution in [-0.2, 0) is 11.2 Å². The number of hydrogen-bond acceptors (Lipinski definition) is 8. The summed E-state index contributed by atoms with van der Waals surface area (Å²) in [4.78, 5) is 44.4. The molecule has 2 atom stereocenters. The number of halogens is 2. The monoisotopic (exact) mass is 625 g/mol. The van der Waals surface area contributed by atoms with Crippen LogP contribution >= 0.6 is 0 Å². The van der Waals surface area contributed by atoms with Crippen LogP contribution in [0.2, 0.25) is 0 Å². The van der Waals surface area contributed by atoms with E-state index in [2.05, 4.69) is 9.97 Å². The Bertz CT molecular complexity index is 1980. The fourth-order valence-corrected chi connectivity index (χ4v) is 6.33. The van der Waals surface area contributed by atoms with Gasteiger partial charge in [0.1, 0.15) is 23.1 Å². The second kappa shape index (κ2) is 12.3. The Labute approximate surface area is 264 Å². The van der Waals surface area contributed by atoms with Crippen LogP contribution in [0.5, 0.6) is 5.75 Å². The van der Waals surface area contributed by atoms with Gasteiger partial charge < -0.3 is 14.5 Å². The Morgan fingerprint density at radius 2 is 1.93 bits per heavy atom. The molecule has 0 saturated carbocycles. The van der Waals surface area contributed by atoms with E-state index in [0.29, 0.717) is 24.2 Å². The van der Waals surface area contributed by atoms with E-state index in [4.69, 9.17) is 15.0 Å². The SMILES string of the molecule is CC(C)c1nccc2c1-n1c(=O)nc(N3C[C@@H](C)N(C(=O)/C=C/C#N)CC3C)c3cc(F)c(nc31)-c1c(F)cccc1OCCC2. The summed E-state index contributed by atoms with van der Waals surface area (Å²) >= 11 is 0. The van der Waals surface area contributed by atoms with E-state index in [1.54, 1.807) is 17.2 Å². The Kier molecular flexibility index (Phi) is 8.25. The summed E-state index contributed by atoms with van der Waals surface area (Å²) in [5.41, 5.74) is 1.04. The predicted molar refractivity (Wildman–Crippen MR) is 169 cm³/mol. The van der Waals surface area contributed by atoms with Gasteiger partial charge in [-0.05, 0) is 62.4 Å². The van der Waals surface area contributed by atoms with Gasteiger partial charge in [0, 0.05) is 43.5 Å². The average Bonchev–Trinajstić information content (AvgIpc) is 3.02. The number of piperazine rings is 1. The van der Waals surface area contributed by atoms with Gasteiger partial charge >= 0.3 is 5.69 Å². The van der Waals surface area contributed by atoms with E-state index in [0.717, 1.165) is 11.6 Å². The van der Waals surface area contributed by atoms with Crippen molar-refractivity contribution in [2.24, 2.45) is 0 Å². The van der Waals surface area contributed by atoms with Gasteiger partial charge in [0.05, 0.1) is 35.0 Å². The lowest BCUT2D eigenvalue weighted by Gasteiger charge is -2.44. The van der Waals surface area contributed by atoms with Crippen molar-refractivity contribution < 1.29 is 18.3 Å². The number of aryl methyl sites for hydroxylation is 1. The molecule has 2 aliphatic heterocycles. The van der Waals surface area contributed by atoms with E-state index < -0.39 is 17.3 Å². The van der Waals surface area contributed by atoms with Crippen LogP contribution in [-0.4, -0.2) is 62.1 Å². The number of ether oxygens (including phenoxy) is 1. The standard InChI is InChI=1S/C34H33F2N7O3/c1-19(2)29-31-22(12-14-38-29)8-7-15-46-26-10-5-9-24(35)28(26)30-25(36)16-23-32(40-34(45)43(31)33(23)39-30)42-18-20(3)41(17-21(42)4)27(44)11-6-13-37/h5-6,9-12,14,16,19-21H,7-8,15,17-18H2,1-4H3/b11-6+/t20-,21?/m1/s1. The fraction of sp³-hybridized carbons (Fsp3) is 0.353. The molecule has 1 aromatic carbocycles. The molecule has 1 unspecified atom stereocenters. The highest BCUT2D eigenvalue weighted by molar-refractivity contribution is 5.92. The summed E-state index contributed by atoms with van der Waals surface area (Å²) in [5, 5.41) is 9.13. The Hall–Kier alpha value is -5.18. The maximum atomic E-state index is 16.2. The highest BCUT2D eigenvalue weighted by Gasteiger charge is 2.34. The van der Waals surface area contributed by atoms with Gasteiger partial charge in [-0.2, -0.15) is 10.2 Å². The number of nitrogens with zero attached hydrogens (tertiary/aromatic N) is 7. The lowest BCUT2D eigenvalue weighted by molar-refractivity contribution is -0.128. The number of fused-ring (bicyclic) bond motifs is 5. The fourth-order valence-electron chi connectivity index (χ4n) is 6.33. The van der Waals surface area contributed by atoms with Crippen molar-refractivity contribution in [1.82, 2.24) is 24.4 Å². The van der Waals surface area contributed by atoms with Crippen LogP contribution in [0.1, 0.15) is 51.3 Å². The van der Waals surface area contributed by atoms with E-state index >= 15 is 8.78 Å². The van der Waals surface area contributed by atoms with Crippen molar-refractivity contribution in [2.75, 3.05) is 24.6 Å². The first-order chi connectivity index (χ1) is 22.1. The maximum Gasteiger partial charge on any atom is 0.355 e. The minimum atomic E-state index is -0.806. The second-order valence-corrected chi connectivity index (χ2v) is 12.0. The third kappa shape index (κ3) is 5.36. The molecule has 2 aliphatic rings. The molecule has 10 nitrogen and oxygen atoms in total. The molecule has 3 aromatic heterocycles. The van der Waals surface area contributed by atoms with Crippen molar-refractivity contribution >= 4 is 22.8 Å². The number of nitriles is 1. The number of allylic oxidation sites excluding steroid dienone is 1. The van der Waals surface area contributed by atoms with Crippen LogP contribution in [0.4, 0.5) is 14.6 Å². The van der Waals surface area contributed by atoms with Crippen molar-refractivity contribution in [3.05, 3.63) is 82.1 Å². The van der Waals surface area contributed by atoms with E-state index in [1.807, 2.05) is 44.7 Å². The molecule has 1 saturated heterocycles. The third-order valence-electron chi connectivity index (χ3n) is 8.51. The maximum absolute atomic E-state index is 16.2. The zero-order chi connectivity index (χ0) is 32.7. The summed E-state index contributed by atoms with van der Waals surface area (Å²) in [7, 11) is 0. The minimum absolute atomic E-state index is 0.0830. The van der Waals surface area contributed by atoms with Gasteiger partial charge in [-0.1, -0.05) is 19.9 Å². The first-order valence-electron chi connectivity index (χ1n) is 15.3. The van der Waals surface area contributed by atoms with Crippen LogP contribution in [0.25, 0.3) is 28.0 Å². The first-order valence-corrected chi connectivity index (χ1v) is 15.3. The summed E-state index contributed by atoms with van der Waals surface area (Å²) < 4.78 is 39.0. The number of carbonyl (C=O) groups excluding carboxylic acids is 1. The highest BCUT2D eigenvalue weighted by atomic mass is 19.1. The van der Waals surface area contributed by atoms with Gasteiger partial charge in [0.2, 0.25) is 5.91 Å². The predicted octanol–water partition coefficient (Wildman–Crippen LogP) is 5.07. The molecule has 12 heteroatoms. The third-order valence-corrected chi connectivity index (χ3v) is 8.51. The van der Waals surface area contributed by atoms with Gasteiger partial charge in [-0.25, -0.2) is 23.1 Å². The zero-order valence-electron chi connectivity index (χ0n) is 26.0. The summed E-state index contributed by atoms with van der Waals surface area (Å²) in [6, 6.07) is 8.56. The molecule has 0 aliphatic carbocycles. The van der Waals surface area contributed by atoms with Crippen LogP contribution in [0, 0.1) is 23.0 Å². The first kappa shape index (κ1) is 30.8. The molecule has 0 N–H and O–H groups in total. The van der Waals surface area contributed by atoms with Crippen molar-refractivity contribution in [3.63, 3.8) is 0 Å². The van der Waals surface area contributed by atoms with Crippen molar-refractivity contribution in [3.8, 4) is 28.8 Å². The topological polar surface area (TPSA) is 117 Å². The summed E-state index contributed by atoms with van der Waals surface area (Å²) in [5.74, 6) is -1.54. The molecule has 0 radical (unpaired) electrons. The minimum Gasteiger partial charge on any atom is -0.493 e. The molecule has 236 valence electrons. The number of amides is 1. The Morgan fingerprint density at radius 1 is 1.13 bits per heavy atom. The number of pyridine rings is 2. The van der Waals surface area contributed by atoms with E-state index in [-0.39, 0.29) is 77.5 Å². The number of carbonyl (C=O) groups is 1. The zero-order valence-corrected chi connectivity index (χ0v) is 26.0. The molecule has 2 bridgehead atoms. The smallest absolute Gasteiger partial charge is 0.355 e. The molecular weight excluding hydrogens is 592 g/mol. The lowest BCUT2D eigenvalue weighted by Crippen LogP contribution is -2.58. The van der Waals surface area contributed by atoms with Crippen LogP contribution < -0.4 is 15.3 Å². The normalized spacial score (nSPS) is 18.1. The number of benzene rings is 1. The molecule has 4 aromatic rings. The average molecular weight is 626 g/mol. The largest absolute Gasteiger partial charge is 0.493 e. The van der Waals surface area contributed by atoms with Crippen LogP contribution in [0.15, 0.2) is 53.5 Å². The molecule has 0 spiro atoms. The highest BCUT2D eigenvalue weighted by Crippen LogP contribution is 2.38. The molecular formula is C34H33F2N7O3. The van der Waals surface area contributed by atoms with Gasteiger partial charge in [0.15, 0.2) is 11.5 Å². The molecule has 46 heavy (non-hydrogen) atoms. The van der Waals surface area contributed by atoms with Gasteiger partial charge in [-0.3, -0.25) is 9.78 Å². The Balaban J connectivity index is 1.64. The molecule has 6 rings (SSSR count). The number of rotatable bonds is 3. The summed E-state index contributed by atoms with van der Waals surface area (Å²) in [6.45, 7) is 8.45. The second-order valence-electron chi connectivity index (χ2n) is 12.0. The molecule has 1 amide bonds. The molecule has 5 heterocycles. The van der Waals surface area contributed by atoms with E-state index in [1.165, 1.54) is 28.8 Å². The number of hydrogen-bond donors (Lipinski definition) is 0. The Morgan fingerprint density at radius 3 is 2.70 bits per heavy atom. The molecule has 1 fully saturated rings. The van der Waals surface area contributed by atoms with Crippen molar-refractivity contribution in [1.29, 1.82) is 5.26 Å². The van der Waals surface area contributed by atoms with Gasteiger partial charge in [0.25, 0.3) is 0 Å². The van der Waals surface area contributed by atoms with Crippen molar-refractivity contribution in [2.45, 2.75) is 58.5 Å². The van der Waals surface area contributed by atoms with E-state index in [9.17, 15) is 9.59 Å². The van der Waals surface area contributed by atoms with Crippen LogP contribution in [0.3, 0.4) is 0 Å².